The Morgan fingerprint density at radius 3 is 2.18 bits per heavy atom. The van der Waals surface area contributed by atoms with Crippen molar-refractivity contribution in [3.05, 3.63) is 77.0 Å². The molecule has 0 bridgehead atoms. The molecule has 112 valence electrons. The number of hydrogen-bond acceptors (Lipinski definition) is 3. The molecule has 0 radical (unpaired) electrons. The number of ketones is 1. The summed E-state index contributed by atoms with van der Waals surface area (Å²) in [6, 6.07) is 12.3. The molecule has 0 aliphatic rings. The number of hydrogen-bond donors (Lipinski definition) is 2. The van der Waals surface area contributed by atoms with Crippen LogP contribution in [0.15, 0.2) is 54.7 Å². The molecule has 0 unspecified atom stereocenters. The molecule has 0 saturated carbocycles. The van der Waals surface area contributed by atoms with Crippen molar-refractivity contribution in [2.45, 2.75) is 13.8 Å². The van der Waals surface area contributed by atoms with Crippen LogP contribution in [0.1, 0.15) is 31.8 Å². The summed E-state index contributed by atoms with van der Waals surface area (Å²) in [5.74, 6) is -0.531. The molecular weight excluding hydrogens is 276 g/mol. The van der Waals surface area contributed by atoms with Crippen LogP contribution in [0.3, 0.4) is 0 Å². The first-order valence-electron chi connectivity index (χ1n) is 6.92. The number of nitrogens with one attached hydrogen (secondary N) is 1. The van der Waals surface area contributed by atoms with Crippen LogP contribution >= 0.6 is 0 Å². The summed E-state index contributed by atoms with van der Waals surface area (Å²) in [5.41, 5.74) is 9.30. The van der Waals surface area contributed by atoms with Crippen LogP contribution in [0.4, 0.5) is 5.69 Å². The molecule has 2 rings (SSSR count). The van der Waals surface area contributed by atoms with Crippen molar-refractivity contribution in [3.63, 3.8) is 0 Å². The average Bonchev–Trinajstić information content (AvgIpc) is 2.50. The van der Waals surface area contributed by atoms with Gasteiger partial charge in [0, 0.05) is 29.1 Å². The molecule has 2 aromatic rings. The summed E-state index contributed by atoms with van der Waals surface area (Å²) in [6.45, 7) is 3.99. The van der Waals surface area contributed by atoms with Gasteiger partial charge in [-0.2, -0.15) is 0 Å². The second kappa shape index (κ2) is 6.72. The fourth-order valence-corrected chi connectivity index (χ4v) is 1.94. The van der Waals surface area contributed by atoms with E-state index >= 15 is 0 Å². The first-order valence-corrected chi connectivity index (χ1v) is 6.92. The molecule has 0 heterocycles. The minimum Gasteiger partial charge on any atom is -0.366 e. The largest absolute Gasteiger partial charge is 0.366 e. The number of benzene rings is 2. The summed E-state index contributed by atoms with van der Waals surface area (Å²) >= 11 is 0. The minimum absolute atomic E-state index is 0.0654. The molecule has 0 aliphatic heterocycles. The fourth-order valence-electron chi connectivity index (χ4n) is 1.94. The second-order valence-electron chi connectivity index (χ2n) is 5.08. The van der Waals surface area contributed by atoms with Crippen LogP contribution in [0.2, 0.25) is 0 Å². The lowest BCUT2D eigenvalue weighted by Crippen LogP contribution is -2.10. The van der Waals surface area contributed by atoms with Gasteiger partial charge in [0.25, 0.3) is 0 Å². The van der Waals surface area contributed by atoms with E-state index in [0.717, 1.165) is 16.8 Å². The Bertz CT molecular complexity index is 731. The van der Waals surface area contributed by atoms with Gasteiger partial charge in [-0.3, -0.25) is 9.59 Å². The van der Waals surface area contributed by atoms with E-state index in [0.29, 0.717) is 11.1 Å². The van der Waals surface area contributed by atoms with Gasteiger partial charge in [0.05, 0.1) is 0 Å². The van der Waals surface area contributed by atoms with Gasteiger partial charge in [0.1, 0.15) is 0 Å². The van der Waals surface area contributed by atoms with E-state index < -0.39 is 5.91 Å². The van der Waals surface area contributed by atoms with Gasteiger partial charge in [-0.05, 0) is 55.3 Å². The summed E-state index contributed by atoms with van der Waals surface area (Å²) in [6.07, 6.45) is 3.06. The maximum atomic E-state index is 12.1. The third-order valence-corrected chi connectivity index (χ3v) is 3.45. The van der Waals surface area contributed by atoms with Crippen LogP contribution in [-0.2, 0) is 0 Å². The number of rotatable bonds is 5. The van der Waals surface area contributed by atoms with Crippen molar-refractivity contribution in [1.82, 2.24) is 0 Å². The number of carbonyl (C=O) groups is 2. The van der Waals surface area contributed by atoms with Gasteiger partial charge in [-0.15, -0.1) is 0 Å². The van der Waals surface area contributed by atoms with E-state index in [1.807, 2.05) is 32.0 Å². The minimum atomic E-state index is -0.466. The van der Waals surface area contributed by atoms with Crippen LogP contribution in [0, 0.1) is 13.8 Å². The fraction of sp³-hybridized carbons (Fsp3) is 0.111. The predicted molar refractivity (Wildman–Crippen MR) is 88.0 cm³/mol. The number of aryl methyl sites for hydroxylation is 2. The number of primary amides is 1. The molecule has 0 fully saturated rings. The number of nitrogens with two attached hydrogens (primary N) is 1. The molecule has 0 spiro atoms. The Hall–Kier alpha value is -2.88. The predicted octanol–water partition coefficient (Wildman–Crippen LogP) is 3.21. The topological polar surface area (TPSA) is 72.2 Å². The molecule has 4 nitrogen and oxygen atoms in total. The van der Waals surface area contributed by atoms with E-state index in [-0.39, 0.29) is 5.78 Å². The normalized spacial score (nSPS) is 10.6. The monoisotopic (exact) mass is 294 g/mol. The lowest BCUT2D eigenvalue weighted by atomic mass is 10.0. The van der Waals surface area contributed by atoms with Crippen molar-refractivity contribution >= 4 is 17.4 Å². The van der Waals surface area contributed by atoms with Gasteiger partial charge in [-0.1, -0.05) is 12.1 Å². The van der Waals surface area contributed by atoms with Gasteiger partial charge >= 0.3 is 0 Å². The number of allylic oxidation sites excluding steroid dienone is 1. The smallest absolute Gasteiger partial charge is 0.248 e. The highest BCUT2D eigenvalue weighted by molar-refractivity contribution is 6.04. The van der Waals surface area contributed by atoms with Crippen molar-refractivity contribution in [1.29, 1.82) is 0 Å². The molecule has 3 N–H and O–H groups in total. The highest BCUT2D eigenvalue weighted by Gasteiger charge is 2.03. The summed E-state index contributed by atoms with van der Waals surface area (Å²) < 4.78 is 0. The van der Waals surface area contributed by atoms with Gasteiger partial charge in [0.15, 0.2) is 5.78 Å². The lowest BCUT2D eigenvalue weighted by molar-refractivity contribution is 0.0999. The lowest BCUT2D eigenvalue weighted by Gasteiger charge is -2.03. The highest BCUT2D eigenvalue weighted by Crippen LogP contribution is 2.12. The summed E-state index contributed by atoms with van der Waals surface area (Å²) in [4.78, 5) is 23.0. The molecule has 1 amide bonds. The molecule has 0 atom stereocenters. The Kier molecular flexibility index (Phi) is 4.73. The Labute approximate surface area is 129 Å². The zero-order valence-electron chi connectivity index (χ0n) is 12.6. The Morgan fingerprint density at radius 2 is 1.59 bits per heavy atom. The first-order chi connectivity index (χ1) is 10.5. The Balaban J connectivity index is 2.00. The van der Waals surface area contributed by atoms with E-state index in [2.05, 4.69) is 5.32 Å². The third-order valence-electron chi connectivity index (χ3n) is 3.45. The maximum Gasteiger partial charge on any atom is 0.248 e. The van der Waals surface area contributed by atoms with Crippen molar-refractivity contribution in [3.8, 4) is 0 Å². The zero-order chi connectivity index (χ0) is 16.1. The van der Waals surface area contributed by atoms with Crippen LogP contribution in [-0.4, -0.2) is 11.7 Å². The zero-order valence-corrected chi connectivity index (χ0v) is 12.6. The molecule has 0 saturated heterocycles. The molecule has 0 aliphatic carbocycles. The SMILES string of the molecule is Cc1ccc(C(=O)/C=C/Nc2ccc(C(N)=O)cc2)cc1C. The van der Waals surface area contributed by atoms with Gasteiger partial charge in [0.2, 0.25) is 5.91 Å². The third kappa shape index (κ3) is 3.82. The number of amides is 1. The van der Waals surface area contributed by atoms with E-state index in [1.165, 1.54) is 6.08 Å². The summed E-state index contributed by atoms with van der Waals surface area (Å²) in [5, 5.41) is 2.98. The molecule has 0 aromatic heterocycles. The standard InChI is InChI=1S/C18H18N2O2/c1-12-3-4-15(11-13(12)2)17(21)9-10-20-16-7-5-14(6-8-16)18(19)22/h3-11,20H,1-2H3,(H2,19,22)/b10-9+. The van der Waals surface area contributed by atoms with Crippen LogP contribution in [0.25, 0.3) is 0 Å². The van der Waals surface area contributed by atoms with Crippen molar-refractivity contribution < 1.29 is 9.59 Å². The maximum absolute atomic E-state index is 12.1. The van der Waals surface area contributed by atoms with E-state index in [4.69, 9.17) is 5.73 Å². The van der Waals surface area contributed by atoms with Crippen LogP contribution < -0.4 is 11.1 Å². The summed E-state index contributed by atoms with van der Waals surface area (Å²) in [7, 11) is 0. The molecular formula is C18H18N2O2. The first kappa shape index (κ1) is 15.5. The van der Waals surface area contributed by atoms with Gasteiger partial charge in [-0.25, -0.2) is 0 Å². The second-order valence-corrected chi connectivity index (χ2v) is 5.08. The average molecular weight is 294 g/mol. The van der Waals surface area contributed by atoms with E-state index in [1.54, 1.807) is 30.5 Å². The quantitative estimate of drug-likeness (QED) is 0.657. The Morgan fingerprint density at radius 1 is 0.955 bits per heavy atom. The van der Waals surface area contributed by atoms with E-state index in [9.17, 15) is 9.59 Å². The number of carbonyl (C=O) groups excluding carboxylic acids is 2. The highest BCUT2D eigenvalue weighted by atomic mass is 16.1. The molecule has 22 heavy (non-hydrogen) atoms. The van der Waals surface area contributed by atoms with Crippen molar-refractivity contribution in [2.24, 2.45) is 5.73 Å². The molecule has 4 heteroatoms. The van der Waals surface area contributed by atoms with Crippen molar-refractivity contribution in [2.75, 3.05) is 5.32 Å². The molecule has 2 aromatic carbocycles. The van der Waals surface area contributed by atoms with Crippen LogP contribution in [0.5, 0.6) is 0 Å². The number of anilines is 1. The van der Waals surface area contributed by atoms with Gasteiger partial charge < -0.3 is 11.1 Å².